The van der Waals surface area contributed by atoms with Crippen molar-refractivity contribution in [3.63, 3.8) is 0 Å². The number of aliphatic hydroxyl groups is 2. The van der Waals surface area contributed by atoms with Gasteiger partial charge in [0.1, 0.15) is 17.2 Å². The van der Waals surface area contributed by atoms with Gasteiger partial charge in [0.05, 0.1) is 29.2 Å². The second-order valence-corrected chi connectivity index (χ2v) is 9.59. The lowest BCUT2D eigenvalue weighted by Gasteiger charge is -2.21. The molecule has 1 aliphatic heterocycles. The number of nitrogens with one attached hydrogen (secondary N) is 2. The minimum atomic E-state index is -3.64. The molecule has 1 unspecified atom stereocenters. The van der Waals surface area contributed by atoms with Crippen molar-refractivity contribution in [2.45, 2.75) is 19.1 Å². The molecule has 0 spiro atoms. The Morgan fingerprint density at radius 2 is 1.97 bits per heavy atom. The Hall–Kier alpha value is -2.57. The van der Waals surface area contributed by atoms with Crippen LogP contribution in [0.15, 0.2) is 40.9 Å². The van der Waals surface area contributed by atoms with Crippen molar-refractivity contribution in [2.24, 2.45) is 0 Å². The van der Waals surface area contributed by atoms with Crippen LogP contribution in [0.5, 0.6) is 5.75 Å². The normalized spacial score (nSPS) is 15.0. The predicted octanol–water partition coefficient (Wildman–Crippen LogP) is 0.197. The van der Waals surface area contributed by atoms with Crippen LogP contribution < -0.4 is 15.0 Å². The van der Waals surface area contributed by atoms with E-state index in [-0.39, 0.29) is 25.3 Å². The third kappa shape index (κ3) is 5.25. The summed E-state index contributed by atoms with van der Waals surface area (Å²) < 4.78 is 33.6. The number of nitrogens with zero attached hydrogens (tertiary/aromatic N) is 2. The van der Waals surface area contributed by atoms with Gasteiger partial charge in [-0.3, -0.25) is 9.69 Å². The molecule has 1 aromatic carbocycles. The third-order valence-electron chi connectivity index (χ3n) is 5.29. The van der Waals surface area contributed by atoms with Gasteiger partial charge in [-0.25, -0.2) is 18.2 Å². The lowest BCUT2D eigenvalue weighted by Crippen LogP contribution is -2.40. The van der Waals surface area contributed by atoms with E-state index in [1.165, 1.54) is 6.08 Å². The fourth-order valence-electron chi connectivity index (χ4n) is 3.44. The zero-order chi connectivity index (χ0) is 23.3. The summed E-state index contributed by atoms with van der Waals surface area (Å²) in [4.78, 5) is 13.8. The molecule has 0 bridgehead atoms. The highest BCUT2D eigenvalue weighted by molar-refractivity contribution is 7.90. The van der Waals surface area contributed by atoms with Crippen molar-refractivity contribution in [1.82, 2.24) is 19.8 Å². The summed E-state index contributed by atoms with van der Waals surface area (Å²) in [5.41, 5.74) is 0.966. The molecule has 3 rings (SSSR count). The molecule has 11 heteroatoms. The maximum atomic E-state index is 12.6. The molecule has 0 saturated heterocycles. The number of allylic oxidation sites excluding steroid dienone is 2. The Morgan fingerprint density at radius 1 is 1.25 bits per heavy atom. The van der Waals surface area contributed by atoms with Gasteiger partial charge in [-0.05, 0) is 32.1 Å². The minimum absolute atomic E-state index is 0.0695. The van der Waals surface area contributed by atoms with Crippen LogP contribution in [0.1, 0.15) is 19.5 Å². The van der Waals surface area contributed by atoms with Gasteiger partial charge >= 0.3 is 0 Å². The number of aromatic amines is 1. The maximum Gasteiger partial charge on any atom is 0.272 e. The van der Waals surface area contributed by atoms with E-state index >= 15 is 0 Å². The standard InChI is InChI=1S/C21H28N4O6S/c1-14(32(29,30)22-8-9-25(10-12-26)11-13-27)6-7-17-15(2)20-19-16(21(28)24-23-20)4-3-5-18(19)31-17/h3-7,14,22,26-27H,8-13H2,1-2H3,(H,24,28)/b7-6-. The molecule has 0 fully saturated rings. The average molecular weight is 465 g/mol. The van der Waals surface area contributed by atoms with Crippen LogP contribution in [0.25, 0.3) is 16.3 Å². The fraction of sp³-hybridized carbons (Fsp3) is 0.429. The second-order valence-electron chi connectivity index (χ2n) is 7.46. The Morgan fingerprint density at radius 3 is 2.66 bits per heavy atom. The van der Waals surface area contributed by atoms with Crippen molar-refractivity contribution < 1.29 is 23.4 Å². The molecule has 4 N–H and O–H groups in total. The number of H-pyrrole nitrogens is 1. The fourth-order valence-corrected chi connectivity index (χ4v) is 4.36. The van der Waals surface area contributed by atoms with E-state index in [1.54, 1.807) is 43.0 Å². The summed E-state index contributed by atoms with van der Waals surface area (Å²) in [7, 11) is -3.64. The van der Waals surface area contributed by atoms with Gasteiger partial charge in [0, 0.05) is 31.8 Å². The van der Waals surface area contributed by atoms with Crippen molar-refractivity contribution in [1.29, 1.82) is 0 Å². The van der Waals surface area contributed by atoms with E-state index in [0.29, 0.717) is 53.2 Å². The molecule has 32 heavy (non-hydrogen) atoms. The lowest BCUT2D eigenvalue weighted by molar-refractivity contribution is 0.163. The van der Waals surface area contributed by atoms with Gasteiger partial charge in [-0.1, -0.05) is 12.1 Å². The first-order chi connectivity index (χ1) is 15.3. The minimum Gasteiger partial charge on any atom is -0.456 e. The number of hydrogen-bond acceptors (Lipinski definition) is 8. The number of benzene rings is 1. The van der Waals surface area contributed by atoms with Crippen LogP contribution in [-0.2, 0) is 10.0 Å². The van der Waals surface area contributed by atoms with Gasteiger partial charge in [0.25, 0.3) is 5.56 Å². The molecule has 1 atom stereocenters. The Balaban J connectivity index is 1.72. The van der Waals surface area contributed by atoms with E-state index in [9.17, 15) is 13.2 Å². The number of rotatable bonds is 11. The SMILES string of the molecule is CC1=C(/C=C\C(C)S(=O)(=O)NCCN(CCO)CCO)Oc2cccc3c(=O)[nH]nc1c23. The molecule has 1 aromatic heterocycles. The van der Waals surface area contributed by atoms with Crippen molar-refractivity contribution in [2.75, 3.05) is 39.4 Å². The van der Waals surface area contributed by atoms with Gasteiger partial charge in [-0.2, -0.15) is 5.10 Å². The van der Waals surface area contributed by atoms with Crippen LogP contribution in [0.2, 0.25) is 0 Å². The molecule has 2 heterocycles. The number of aromatic nitrogens is 2. The summed E-state index contributed by atoms with van der Waals surface area (Å²) >= 11 is 0. The largest absolute Gasteiger partial charge is 0.456 e. The van der Waals surface area contributed by atoms with Gasteiger partial charge in [0.2, 0.25) is 10.0 Å². The summed E-state index contributed by atoms with van der Waals surface area (Å²) in [6.45, 7) is 4.46. The summed E-state index contributed by atoms with van der Waals surface area (Å²) in [6.07, 6.45) is 3.12. The molecule has 2 aromatic rings. The van der Waals surface area contributed by atoms with E-state index < -0.39 is 15.3 Å². The molecule has 0 saturated carbocycles. The highest BCUT2D eigenvalue weighted by atomic mass is 32.2. The van der Waals surface area contributed by atoms with Crippen LogP contribution in [-0.4, -0.2) is 78.4 Å². The third-order valence-corrected chi connectivity index (χ3v) is 7.04. The van der Waals surface area contributed by atoms with Crippen LogP contribution in [0, 0.1) is 0 Å². The average Bonchev–Trinajstić information content (AvgIpc) is 2.76. The van der Waals surface area contributed by atoms with E-state index in [1.807, 2.05) is 0 Å². The first-order valence-corrected chi connectivity index (χ1v) is 11.8. The number of hydrogen-bond donors (Lipinski definition) is 4. The summed E-state index contributed by atoms with van der Waals surface area (Å²) in [5, 5.41) is 25.0. The summed E-state index contributed by atoms with van der Waals surface area (Å²) in [5.74, 6) is 0.937. The molecular weight excluding hydrogens is 436 g/mol. The topological polar surface area (TPSA) is 145 Å². The van der Waals surface area contributed by atoms with Crippen LogP contribution in [0.4, 0.5) is 0 Å². The molecule has 1 aliphatic rings. The van der Waals surface area contributed by atoms with Crippen molar-refractivity contribution in [3.05, 3.63) is 52.2 Å². The molecule has 0 radical (unpaired) electrons. The van der Waals surface area contributed by atoms with Gasteiger partial charge < -0.3 is 14.9 Å². The van der Waals surface area contributed by atoms with Crippen molar-refractivity contribution >= 4 is 26.4 Å². The molecule has 174 valence electrons. The summed E-state index contributed by atoms with van der Waals surface area (Å²) in [6, 6.07) is 5.15. The van der Waals surface area contributed by atoms with Crippen LogP contribution in [0.3, 0.4) is 0 Å². The first kappa shape index (κ1) is 24.1. The lowest BCUT2D eigenvalue weighted by atomic mass is 10.0. The van der Waals surface area contributed by atoms with Crippen LogP contribution >= 0.6 is 0 Å². The zero-order valence-electron chi connectivity index (χ0n) is 18.0. The van der Waals surface area contributed by atoms with E-state index in [2.05, 4.69) is 14.9 Å². The maximum absolute atomic E-state index is 12.6. The molecule has 0 aliphatic carbocycles. The number of ether oxygens (including phenoxy) is 1. The smallest absolute Gasteiger partial charge is 0.272 e. The molecule has 10 nitrogen and oxygen atoms in total. The first-order valence-electron chi connectivity index (χ1n) is 10.3. The van der Waals surface area contributed by atoms with Crippen molar-refractivity contribution in [3.8, 4) is 5.75 Å². The van der Waals surface area contributed by atoms with Gasteiger partial charge in [-0.15, -0.1) is 0 Å². The Kier molecular flexibility index (Phi) is 7.80. The second kappa shape index (κ2) is 10.4. The Labute approximate surface area is 186 Å². The quantitative estimate of drug-likeness (QED) is 0.369. The molecule has 0 amide bonds. The highest BCUT2D eigenvalue weighted by Crippen LogP contribution is 2.36. The molecular formula is C21H28N4O6S. The monoisotopic (exact) mass is 464 g/mol. The highest BCUT2D eigenvalue weighted by Gasteiger charge is 2.23. The van der Waals surface area contributed by atoms with E-state index in [0.717, 1.165) is 0 Å². The zero-order valence-corrected chi connectivity index (χ0v) is 18.9. The number of aliphatic hydroxyl groups excluding tert-OH is 2. The van der Waals surface area contributed by atoms with Gasteiger partial charge in [0.15, 0.2) is 0 Å². The number of sulfonamides is 1. The van der Waals surface area contributed by atoms with E-state index in [4.69, 9.17) is 14.9 Å². The Bertz CT molecular complexity index is 1180. The predicted molar refractivity (Wildman–Crippen MR) is 122 cm³/mol.